The maximum Gasteiger partial charge on any atom is 0.241 e. The van der Waals surface area contributed by atoms with Gasteiger partial charge in [0, 0.05) is 6.54 Å². The van der Waals surface area contributed by atoms with Crippen LogP contribution in [0.1, 0.15) is 22.8 Å². The number of amides is 1. The van der Waals surface area contributed by atoms with Crippen LogP contribution >= 0.6 is 0 Å². The lowest BCUT2D eigenvalue weighted by molar-refractivity contribution is -0.137. The molecule has 0 aromatic heterocycles. The number of benzene rings is 2. The van der Waals surface area contributed by atoms with Crippen molar-refractivity contribution in [2.75, 3.05) is 26.2 Å². The molecule has 0 unspecified atom stereocenters. The van der Waals surface area contributed by atoms with Gasteiger partial charge in [0.25, 0.3) is 0 Å². The van der Waals surface area contributed by atoms with Crippen LogP contribution in [0.3, 0.4) is 0 Å². The molecule has 0 bridgehead atoms. The van der Waals surface area contributed by atoms with E-state index in [2.05, 4.69) is 4.72 Å². The molecule has 0 saturated carbocycles. The zero-order valence-electron chi connectivity index (χ0n) is 15.5. The molecule has 1 atom stereocenters. The van der Waals surface area contributed by atoms with Crippen molar-refractivity contribution in [3.63, 3.8) is 0 Å². The van der Waals surface area contributed by atoms with Gasteiger partial charge in [0.2, 0.25) is 15.9 Å². The first-order valence-corrected chi connectivity index (χ1v) is 10.4. The van der Waals surface area contributed by atoms with Crippen molar-refractivity contribution in [2.24, 2.45) is 0 Å². The Morgan fingerprint density at radius 3 is 2.63 bits per heavy atom. The van der Waals surface area contributed by atoms with E-state index < -0.39 is 10.0 Å². The van der Waals surface area contributed by atoms with Gasteiger partial charge in [-0.1, -0.05) is 48.0 Å². The number of carbonyl (C=O) groups excluding carboxylic acids is 1. The topological polar surface area (TPSA) is 75.7 Å². The van der Waals surface area contributed by atoms with Gasteiger partial charge >= 0.3 is 0 Å². The highest BCUT2D eigenvalue weighted by Crippen LogP contribution is 2.22. The van der Waals surface area contributed by atoms with Crippen LogP contribution in [0.4, 0.5) is 0 Å². The van der Waals surface area contributed by atoms with Crippen LogP contribution in [0, 0.1) is 13.8 Å². The molecular formula is C20H24N2O4S. The standard InChI is InChI=1S/C20H24N2O4S/c1-15-8-9-19(16(2)12-15)27(24,25)21-13-20(23)22-10-11-26-18(14-22)17-6-4-3-5-7-17/h3-9,12,18,21H,10-11,13-14H2,1-2H3/t18-/m0/s1. The van der Waals surface area contributed by atoms with Crippen molar-refractivity contribution in [1.29, 1.82) is 0 Å². The van der Waals surface area contributed by atoms with E-state index in [1.54, 1.807) is 24.0 Å². The Morgan fingerprint density at radius 2 is 1.93 bits per heavy atom. The van der Waals surface area contributed by atoms with Gasteiger partial charge in [-0.25, -0.2) is 13.1 Å². The largest absolute Gasteiger partial charge is 0.370 e. The molecule has 2 aromatic rings. The summed E-state index contributed by atoms with van der Waals surface area (Å²) in [5.74, 6) is -0.257. The summed E-state index contributed by atoms with van der Waals surface area (Å²) >= 11 is 0. The van der Waals surface area contributed by atoms with E-state index in [1.807, 2.05) is 43.3 Å². The van der Waals surface area contributed by atoms with Gasteiger partial charge in [0.05, 0.1) is 24.6 Å². The molecular weight excluding hydrogens is 364 g/mol. The van der Waals surface area contributed by atoms with E-state index in [-0.39, 0.29) is 23.5 Å². The minimum Gasteiger partial charge on any atom is -0.370 e. The Bertz CT molecular complexity index is 913. The molecule has 27 heavy (non-hydrogen) atoms. The monoisotopic (exact) mass is 388 g/mol. The van der Waals surface area contributed by atoms with Crippen LogP contribution in [0.25, 0.3) is 0 Å². The Morgan fingerprint density at radius 1 is 1.19 bits per heavy atom. The number of aryl methyl sites for hydroxylation is 2. The fourth-order valence-corrected chi connectivity index (χ4v) is 4.39. The molecule has 1 fully saturated rings. The third-order valence-corrected chi connectivity index (χ3v) is 6.19. The van der Waals surface area contributed by atoms with Crippen molar-refractivity contribution in [3.8, 4) is 0 Å². The van der Waals surface area contributed by atoms with Gasteiger partial charge in [0.1, 0.15) is 6.10 Å². The fraction of sp³-hybridized carbons (Fsp3) is 0.350. The molecule has 3 rings (SSSR count). The molecule has 7 heteroatoms. The average molecular weight is 388 g/mol. The van der Waals surface area contributed by atoms with Crippen LogP contribution in [-0.2, 0) is 19.6 Å². The summed E-state index contributed by atoms with van der Waals surface area (Å²) in [5.41, 5.74) is 2.65. The highest BCUT2D eigenvalue weighted by Gasteiger charge is 2.26. The molecule has 0 radical (unpaired) electrons. The molecule has 1 amide bonds. The van der Waals surface area contributed by atoms with Crippen molar-refractivity contribution in [3.05, 3.63) is 65.2 Å². The van der Waals surface area contributed by atoms with E-state index in [0.29, 0.717) is 25.3 Å². The van der Waals surface area contributed by atoms with Gasteiger partial charge in [0.15, 0.2) is 0 Å². The number of hydrogen-bond donors (Lipinski definition) is 1. The summed E-state index contributed by atoms with van der Waals surface area (Å²) in [7, 11) is -3.74. The van der Waals surface area contributed by atoms with Crippen LogP contribution in [-0.4, -0.2) is 45.5 Å². The zero-order chi connectivity index (χ0) is 19.4. The summed E-state index contributed by atoms with van der Waals surface area (Å²) in [4.78, 5) is 14.4. The minimum atomic E-state index is -3.74. The number of nitrogens with one attached hydrogen (secondary N) is 1. The number of morpholine rings is 1. The second kappa shape index (κ2) is 8.21. The van der Waals surface area contributed by atoms with E-state index in [4.69, 9.17) is 4.74 Å². The lowest BCUT2D eigenvalue weighted by atomic mass is 10.1. The van der Waals surface area contributed by atoms with Crippen LogP contribution in [0.15, 0.2) is 53.4 Å². The number of nitrogens with zero attached hydrogens (tertiary/aromatic N) is 1. The smallest absolute Gasteiger partial charge is 0.241 e. The normalized spacial score (nSPS) is 17.7. The van der Waals surface area contributed by atoms with Crippen LogP contribution in [0.2, 0.25) is 0 Å². The van der Waals surface area contributed by atoms with Gasteiger partial charge in [-0.3, -0.25) is 4.79 Å². The predicted octanol–water partition coefficient (Wildman–Crippen LogP) is 2.18. The first-order chi connectivity index (χ1) is 12.9. The van der Waals surface area contributed by atoms with Gasteiger partial charge in [-0.05, 0) is 31.0 Å². The van der Waals surface area contributed by atoms with E-state index in [1.165, 1.54) is 0 Å². The Kier molecular flexibility index (Phi) is 5.94. The predicted molar refractivity (Wildman–Crippen MR) is 103 cm³/mol. The van der Waals surface area contributed by atoms with Crippen molar-refractivity contribution >= 4 is 15.9 Å². The Balaban J connectivity index is 1.63. The quantitative estimate of drug-likeness (QED) is 0.852. The van der Waals surface area contributed by atoms with Gasteiger partial charge in [-0.2, -0.15) is 0 Å². The van der Waals surface area contributed by atoms with E-state index >= 15 is 0 Å². The second-order valence-electron chi connectivity index (χ2n) is 6.70. The maximum atomic E-state index is 12.5. The molecule has 1 aliphatic rings. The van der Waals surface area contributed by atoms with Gasteiger partial charge < -0.3 is 9.64 Å². The summed E-state index contributed by atoms with van der Waals surface area (Å²) < 4.78 is 33.2. The highest BCUT2D eigenvalue weighted by atomic mass is 32.2. The van der Waals surface area contributed by atoms with Crippen molar-refractivity contribution in [2.45, 2.75) is 24.8 Å². The Hall–Kier alpha value is -2.22. The Labute approximate surface area is 160 Å². The summed E-state index contributed by atoms with van der Waals surface area (Å²) in [6.07, 6.45) is -0.195. The highest BCUT2D eigenvalue weighted by molar-refractivity contribution is 7.89. The number of carbonyl (C=O) groups is 1. The molecule has 0 spiro atoms. The molecule has 1 N–H and O–H groups in total. The molecule has 1 heterocycles. The summed E-state index contributed by atoms with van der Waals surface area (Å²) in [6.45, 7) is 4.67. The lowest BCUT2D eigenvalue weighted by Gasteiger charge is -2.33. The third-order valence-electron chi connectivity index (χ3n) is 4.62. The average Bonchev–Trinajstić information content (AvgIpc) is 2.66. The zero-order valence-corrected chi connectivity index (χ0v) is 16.3. The van der Waals surface area contributed by atoms with Crippen LogP contribution < -0.4 is 4.72 Å². The van der Waals surface area contributed by atoms with E-state index in [0.717, 1.165) is 11.1 Å². The number of sulfonamides is 1. The third kappa shape index (κ3) is 4.74. The molecule has 1 aliphatic heterocycles. The maximum absolute atomic E-state index is 12.5. The number of hydrogen-bond acceptors (Lipinski definition) is 4. The first kappa shape index (κ1) is 19.5. The minimum absolute atomic E-state index is 0.195. The molecule has 2 aromatic carbocycles. The molecule has 6 nitrogen and oxygen atoms in total. The molecule has 0 aliphatic carbocycles. The number of rotatable bonds is 5. The summed E-state index contributed by atoms with van der Waals surface area (Å²) in [6, 6.07) is 14.8. The second-order valence-corrected chi connectivity index (χ2v) is 8.44. The molecule has 1 saturated heterocycles. The first-order valence-electron chi connectivity index (χ1n) is 8.88. The molecule has 144 valence electrons. The fourth-order valence-electron chi connectivity index (χ4n) is 3.19. The summed E-state index contributed by atoms with van der Waals surface area (Å²) in [5, 5.41) is 0. The van der Waals surface area contributed by atoms with Gasteiger partial charge in [-0.15, -0.1) is 0 Å². The van der Waals surface area contributed by atoms with Crippen LogP contribution in [0.5, 0.6) is 0 Å². The van der Waals surface area contributed by atoms with Crippen molar-refractivity contribution < 1.29 is 17.9 Å². The number of ether oxygens (including phenoxy) is 1. The van der Waals surface area contributed by atoms with Crippen molar-refractivity contribution in [1.82, 2.24) is 9.62 Å². The lowest BCUT2D eigenvalue weighted by Crippen LogP contribution is -2.46. The SMILES string of the molecule is Cc1ccc(S(=O)(=O)NCC(=O)N2CCO[C@H](c3ccccc3)C2)c(C)c1. The van der Waals surface area contributed by atoms with E-state index in [9.17, 15) is 13.2 Å².